The molecule has 0 atom stereocenters. The Hall–Kier alpha value is -1.57. The van der Waals surface area contributed by atoms with Crippen LogP contribution in [0.5, 0.6) is 0 Å². The van der Waals surface area contributed by atoms with Gasteiger partial charge in [0, 0.05) is 0 Å². The van der Waals surface area contributed by atoms with E-state index in [4.69, 9.17) is 4.74 Å². The largest absolute Gasteiger partial charge is 0.462 e. The molecule has 1 aromatic carbocycles. The van der Waals surface area contributed by atoms with Crippen molar-refractivity contribution < 1.29 is 9.53 Å². The molecule has 1 rings (SSSR count). The first-order valence-corrected chi connectivity index (χ1v) is 6.17. The Morgan fingerprint density at radius 1 is 1.12 bits per heavy atom. The van der Waals surface area contributed by atoms with Crippen LogP contribution in [0.1, 0.15) is 42.5 Å². The van der Waals surface area contributed by atoms with E-state index in [0.29, 0.717) is 12.2 Å². The van der Waals surface area contributed by atoms with E-state index in [9.17, 15) is 4.79 Å². The number of unbranched alkanes of at least 4 members (excludes halogenated alkanes) is 4. The maximum absolute atomic E-state index is 11.5. The van der Waals surface area contributed by atoms with Gasteiger partial charge in [-0.15, -0.1) is 6.58 Å². The van der Waals surface area contributed by atoms with Gasteiger partial charge in [0.15, 0.2) is 0 Å². The number of carbonyl (C=O) groups excluding carboxylic acids is 1. The van der Waals surface area contributed by atoms with Crippen LogP contribution in [-0.2, 0) is 4.74 Å². The molecule has 0 bridgehead atoms. The van der Waals surface area contributed by atoms with Crippen LogP contribution in [0.2, 0.25) is 0 Å². The van der Waals surface area contributed by atoms with E-state index in [1.54, 1.807) is 12.1 Å². The summed E-state index contributed by atoms with van der Waals surface area (Å²) in [6.07, 6.45) is 7.41. The van der Waals surface area contributed by atoms with Crippen molar-refractivity contribution in [3.05, 3.63) is 48.6 Å². The van der Waals surface area contributed by atoms with Crippen LogP contribution < -0.4 is 0 Å². The van der Waals surface area contributed by atoms with Gasteiger partial charge in [-0.3, -0.25) is 0 Å². The Kier molecular flexibility index (Phi) is 6.80. The number of hydrogen-bond donors (Lipinski definition) is 0. The summed E-state index contributed by atoms with van der Waals surface area (Å²) in [6.45, 7) is 4.20. The second-order valence-corrected chi connectivity index (χ2v) is 3.99. The summed E-state index contributed by atoms with van der Waals surface area (Å²) in [7, 11) is 0. The van der Waals surface area contributed by atoms with E-state index in [1.807, 2.05) is 24.3 Å². The molecule has 92 valence electrons. The van der Waals surface area contributed by atoms with Crippen molar-refractivity contribution >= 4 is 5.97 Å². The SMILES string of the molecule is C=CCCCCCCOC(=O)c1ccccc1. The van der Waals surface area contributed by atoms with Crippen LogP contribution in [0, 0.1) is 0 Å². The molecule has 1 aromatic rings. The first kappa shape index (κ1) is 13.5. The van der Waals surface area contributed by atoms with Crippen LogP contribution in [0.15, 0.2) is 43.0 Å². The van der Waals surface area contributed by atoms with Crippen LogP contribution >= 0.6 is 0 Å². The van der Waals surface area contributed by atoms with Gasteiger partial charge in [-0.05, 0) is 31.4 Å². The average Bonchev–Trinajstić information content (AvgIpc) is 2.38. The van der Waals surface area contributed by atoms with E-state index in [1.165, 1.54) is 12.8 Å². The van der Waals surface area contributed by atoms with Gasteiger partial charge < -0.3 is 4.74 Å². The molecule has 0 saturated heterocycles. The fourth-order valence-electron chi connectivity index (χ4n) is 1.57. The van der Waals surface area contributed by atoms with Gasteiger partial charge in [0.2, 0.25) is 0 Å². The first-order chi connectivity index (χ1) is 8.34. The van der Waals surface area contributed by atoms with Crippen molar-refractivity contribution in [2.24, 2.45) is 0 Å². The second-order valence-electron chi connectivity index (χ2n) is 3.99. The lowest BCUT2D eigenvalue weighted by Crippen LogP contribution is -2.06. The van der Waals surface area contributed by atoms with Crippen LogP contribution in [0.4, 0.5) is 0 Å². The predicted molar refractivity (Wildman–Crippen MR) is 70.0 cm³/mol. The highest BCUT2D eigenvalue weighted by molar-refractivity contribution is 5.89. The molecule has 0 amide bonds. The Bertz CT molecular complexity index is 330. The number of hydrogen-bond acceptors (Lipinski definition) is 2. The van der Waals surface area contributed by atoms with E-state index < -0.39 is 0 Å². The van der Waals surface area contributed by atoms with E-state index in [0.717, 1.165) is 19.3 Å². The van der Waals surface area contributed by atoms with Crippen molar-refractivity contribution in [2.75, 3.05) is 6.61 Å². The molecule has 0 spiro atoms. The normalized spacial score (nSPS) is 9.88. The van der Waals surface area contributed by atoms with E-state index in [2.05, 4.69) is 6.58 Å². The molecule has 0 aromatic heterocycles. The molecule has 0 N–H and O–H groups in total. The Labute approximate surface area is 103 Å². The monoisotopic (exact) mass is 232 g/mol. The summed E-state index contributed by atoms with van der Waals surface area (Å²) in [5, 5.41) is 0. The number of ether oxygens (including phenoxy) is 1. The number of carbonyl (C=O) groups is 1. The standard InChI is InChI=1S/C15H20O2/c1-2-3-4-5-6-10-13-17-15(16)14-11-8-7-9-12-14/h2,7-9,11-12H,1,3-6,10,13H2. The fourth-order valence-corrected chi connectivity index (χ4v) is 1.57. The van der Waals surface area contributed by atoms with Gasteiger partial charge in [0.05, 0.1) is 12.2 Å². The Morgan fingerprint density at radius 3 is 2.53 bits per heavy atom. The van der Waals surface area contributed by atoms with Crippen LogP contribution in [-0.4, -0.2) is 12.6 Å². The number of rotatable bonds is 8. The molecule has 0 radical (unpaired) electrons. The van der Waals surface area contributed by atoms with Gasteiger partial charge in [0.1, 0.15) is 0 Å². The lowest BCUT2D eigenvalue weighted by molar-refractivity contribution is 0.0498. The summed E-state index contributed by atoms with van der Waals surface area (Å²) in [4.78, 5) is 11.5. The van der Waals surface area contributed by atoms with Crippen LogP contribution in [0.3, 0.4) is 0 Å². The molecular weight excluding hydrogens is 212 g/mol. The lowest BCUT2D eigenvalue weighted by atomic mass is 10.1. The number of benzene rings is 1. The van der Waals surface area contributed by atoms with Crippen molar-refractivity contribution in [2.45, 2.75) is 32.1 Å². The molecule has 2 nitrogen and oxygen atoms in total. The van der Waals surface area contributed by atoms with Crippen molar-refractivity contribution in [1.29, 1.82) is 0 Å². The molecule has 2 heteroatoms. The maximum Gasteiger partial charge on any atom is 0.338 e. The summed E-state index contributed by atoms with van der Waals surface area (Å²) in [6, 6.07) is 9.10. The zero-order valence-corrected chi connectivity index (χ0v) is 10.2. The Balaban J connectivity index is 2.07. The quantitative estimate of drug-likeness (QED) is 0.385. The zero-order chi connectivity index (χ0) is 12.3. The zero-order valence-electron chi connectivity index (χ0n) is 10.2. The van der Waals surface area contributed by atoms with Crippen molar-refractivity contribution in [3.8, 4) is 0 Å². The summed E-state index contributed by atoms with van der Waals surface area (Å²) in [5.74, 6) is -0.225. The van der Waals surface area contributed by atoms with Gasteiger partial charge >= 0.3 is 5.97 Å². The second kappa shape index (κ2) is 8.57. The third kappa shape index (κ3) is 5.91. The maximum atomic E-state index is 11.5. The van der Waals surface area contributed by atoms with E-state index in [-0.39, 0.29) is 5.97 Å². The van der Waals surface area contributed by atoms with Crippen molar-refractivity contribution in [1.82, 2.24) is 0 Å². The number of esters is 1. The highest BCUT2D eigenvalue weighted by Gasteiger charge is 2.04. The van der Waals surface area contributed by atoms with Gasteiger partial charge in [-0.25, -0.2) is 4.79 Å². The smallest absolute Gasteiger partial charge is 0.338 e. The molecule has 17 heavy (non-hydrogen) atoms. The molecule has 0 unspecified atom stereocenters. The van der Waals surface area contributed by atoms with Crippen LogP contribution in [0.25, 0.3) is 0 Å². The van der Waals surface area contributed by atoms with Gasteiger partial charge in [-0.2, -0.15) is 0 Å². The Morgan fingerprint density at radius 2 is 1.82 bits per heavy atom. The van der Waals surface area contributed by atoms with Gasteiger partial charge in [-0.1, -0.05) is 37.1 Å². The fraction of sp³-hybridized carbons (Fsp3) is 0.400. The first-order valence-electron chi connectivity index (χ1n) is 6.17. The lowest BCUT2D eigenvalue weighted by Gasteiger charge is -2.04. The minimum atomic E-state index is -0.225. The summed E-state index contributed by atoms with van der Waals surface area (Å²) < 4.78 is 5.18. The third-order valence-corrected chi connectivity index (χ3v) is 2.55. The van der Waals surface area contributed by atoms with Gasteiger partial charge in [0.25, 0.3) is 0 Å². The topological polar surface area (TPSA) is 26.3 Å². The molecule has 0 saturated carbocycles. The highest BCUT2D eigenvalue weighted by atomic mass is 16.5. The molecule has 0 aliphatic rings. The molecular formula is C15H20O2. The third-order valence-electron chi connectivity index (χ3n) is 2.55. The number of allylic oxidation sites excluding steroid dienone is 1. The average molecular weight is 232 g/mol. The summed E-state index contributed by atoms with van der Waals surface area (Å²) >= 11 is 0. The van der Waals surface area contributed by atoms with Crippen molar-refractivity contribution in [3.63, 3.8) is 0 Å². The van der Waals surface area contributed by atoms with E-state index >= 15 is 0 Å². The molecule has 0 aliphatic heterocycles. The predicted octanol–water partition coefficient (Wildman–Crippen LogP) is 3.98. The summed E-state index contributed by atoms with van der Waals surface area (Å²) in [5.41, 5.74) is 0.624. The minimum Gasteiger partial charge on any atom is -0.462 e. The molecule has 0 fully saturated rings. The molecule has 0 heterocycles. The highest BCUT2D eigenvalue weighted by Crippen LogP contribution is 2.05. The molecule has 0 aliphatic carbocycles. The minimum absolute atomic E-state index is 0.225.